The van der Waals surface area contributed by atoms with Crippen LogP contribution in [0.2, 0.25) is 0 Å². The minimum atomic E-state index is -0.135. The number of carbonyl (C=O) groups is 1. The van der Waals surface area contributed by atoms with Crippen molar-refractivity contribution in [2.45, 2.75) is 51.7 Å². The molecule has 2 N–H and O–H groups in total. The summed E-state index contributed by atoms with van der Waals surface area (Å²) in [5.41, 5.74) is -0.135. The van der Waals surface area contributed by atoms with Gasteiger partial charge in [0.05, 0.1) is 5.60 Å². The van der Waals surface area contributed by atoms with Crippen LogP contribution in [0.15, 0.2) is 0 Å². The summed E-state index contributed by atoms with van der Waals surface area (Å²) in [7, 11) is 0. The highest BCUT2D eigenvalue weighted by Crippen LogP contribution is 2.28. The topological polar surface area (TPSA) is 50.4 Å². The molecule has 1 amide bonds. The molecule has 1 aliphatic carbocycles. The van der Waals surface area contributed by atoms with Gasteiger partial charge in [-0.15, -0.1) is 0 Å². The summed E-state index contributed by atoms with van der Waals surface area (Å²) >= 11 is 0. The fourth-order valence-electron chi connectivity index (χ4n) is 2.95. The Hall–Kier alpha value is -0.610. The van der Waals surface area contributed by atoms with Crippen LogP contribution in [0.1, 0.15) is 40.0 Å². The minimum absolute atomic E-state index is 0.0366. The number of hydrogen-bond donors (Lipinski definition) is 2. The van der Waals surface area contributed by atoms with Gasteiger partial charge in [0, 0.05) is 19.1 Å². The zero-order chi connectivity index (χ0) is 13.2. The number of amides is 1. The van der Waals surface area contributed by atoms with Gasteiger partial charge in [0.1, 0.15) is 6.61 Å². The van der Waals surface area contributed by atoms with E-state index in [-0.39, 0.29) is 18.1 Å². The first-order chi connectivity index (χ1) is 8.48. The van der Waals surface area contributed by atoms with Crippen LogP contribution < -0.4 is 10.6 Å². The first-order valence-electron chi connectivity index (χ1n) is 7.12. The zero-order valence-electron chi connectivity index (χ0n) is 11.8. The van der Waals surface area contributed by atoms with Crippen molar-refractivity contribution in [1.82, 2.24) is 10.6 Å². The molecule has 1 aliphatic heterocycles. The number of ether oxygens (including phenoxy) is 1. The summed E-state index contributed by atoms with van der Waals surface area (Å²) < 4.78 is 5.65. The molecule has 0 radical (unpaired) electrons. The molecule has 3 atom stereocenters. The Morgan fingerprint density at radius 2 is 2.11 bits per heavy atom. The summed E-state index contributed by atoms with van der Waals surface area (Å²) in [6, 6.07) is 0.338. The highest BCUT2D eigenvalue weighted by Gasteiger charge is 2.33. The monoisotopic (exact) mass is 254 g/mol. The average Bonchev–Trinajstić information content (AvgIpc) is 2.28. The van der Waals surface area contributed by atoms with Crippen molar-refractivity contribution in [3.8, 4) is 0 Å². The number of nitrogens with one attached hydrogen (secondary N) is 2. The van der Waals surface area contributed by atoms with E-state index in [1.165, 1.54) is 12.8 Å². The van der Waals surface area contributed by atoms with Crippen LogP contribution in [-0.2, 0) is 9.53 Å². The van der Waals surface area contributed by atoms with Crippen LogP contribution in [0.5, 0.6) is 0 Å². The Bertz CT molecular complexity index is 302. The molecule has 104 valence electrons. The molecule has 1 heterocycles. The van der Waals surface area contributed by atoms with Gasteiger partial charge in [0.25, 0.3) is 0 Å². The maximum Gasteiger partial charge on any atom is 0.246 e. The second kappa shape index (κ2) is 5.57. The van der Waals surface area contributed by atoms with Crippen LogP contribution in [0, 0.1) is 11.8 Å². The molecule has 0 aromatic heterocycles. The first kappa shape index (κ1) is 13.8. The Kier molecular flexibility index (Phi) is 4.28. The van der Waals surface area contributed by atoms with E-state index in [0.717, 1.165) is 25.4 Å². The van der Waals surface area contributed by atoms with Crippen LogP contribution in [0.3, 0.4) is 0 Å². The molecule has 2 fully saturated rings. The zero-order valence-corrected chi connectivity index (χ0v) is 11.8. The van der Waals surface area contributed by atoms with Gasteiger partial charge in [0.2, 0.25) is 5.91 Å². The average molecular weight is 254 g/mol. The summed E-state index contributed by atoms with van der Waals surface area (Å²) in [6.45, 7) is 8.45. The molecule has 4 heteroatoms. The van der Waals surface area contributed by atoms with Gasteiger partial charge in [-0.2, -0.15) is 0 Å². The quantitative estimate of drug-likeness (QED) is 0.795. The molecule has 18 heavy (non-hydrogen) atoms. The van der Waals surface area contributed by atoms with E-state index in [4.69, 9.17) is 4.74 Å². The molecule has 1 saturated carbocycles. The van der Waals surface area contributed by atoms with Crippen molar-refractivity contribution in [3.05, 3.63) is 0 Å². The summed E-state index contributed by atoms with van der Waals surface area (Å²) in [5, 5.41) is 6.29. The van der Waals surface area contributed by atoms with Crippen LogP contribution in [-0.4, -0.2) is 37.2 Å². The van der Waals surface area contributed by atoms with Gasteiger partial charge in [0.15, 0.2) is 0 Å². The lowest BCUT2D eigenvalue weighted by atomic mass is 9.80. The molecular formula is C14H26N2O2. The van der Waals surface area contributed by atoms with Gasteiger partial charge in [-0.25, -0.2) is 0 Å². The SMILES string of the molecule is CC1CCC(NC(=O)COC2(C)CNC2)C(C)C1. The minimum Gasteiger partial charge on any atom is -0.363 e. The van der Waals surface area contributed by atoms with E-state index in [1.54, 1.807) is 0 Å². The van der Waals surface area contributed by atoms with E-state index in [1.807, 2.05) is 6.92 Å². The second-order valence-corrected chi connectivity index (χ2v) is 6.41. The van der Waals surface area contributed by atoms with Crippen molar-refractivity contribution in [3.63, 3.8) is 0 Å². The predicted molar refractivity (Wildman–Crippen MR) is 71.3 cm³/mol. The second-order valence-electron chi connectivity index (χ2n) is 6.41. The third-order valence-electron chi connectivity index (χ3n) is 4.33. The normalized spacial score (nSPS) is 34.7. The lowest BCUT2D eigenvalue weighted by molar-refractivity contribution is -0.137. The van der Waals surface area contributed by atoms with Gasteiger partial charge < -0.3 is 15.4 Å². The molecule has 4 nitrogen and oxygen atoms in total. The predicted octanol–water partition coefficient (Wildman–Crippen LogP) is 1.31. The Morgan fingerprint density at radius 1 is 1.39 bits per heavy atom. The number of rotatable bonds is 4. The molecule has 0 aromatic rings. The van der Waals surface area contributed by atoms with Crippen molar-refractivity contribution in [2.24, 2.45) is 11.8 Å². The standard InChI is InChI=1S/C14H26N2O2/c1-10-4-5-12(11(2)6-10)16-13(17)7-18-14(3)8-15-9-14/h10-12,15H,4-9H2,1-3H3,(H,16,17). The molecular weight excluding hydrogens is 228 g/mol. The van der Waals surface area contributed by atoms with E-state index in [9.17, 15) is 4.79 Å². The Balaban J connectivity index is 1.70. The summed E-state index contributed by atoms with van der Waals surface area (Å²) in [6.07, 6.45) is 3.54. The molecule has 0 bridgehead atoms. The fraction of sp³-hybridized carbons (Fsp3) is 0.929. The van der Waals surface area contributed by atoms with Crippen molar-refractivity contribution >= 4 is 5.91 Å². The van der Waals surface area contributed by atoms with Crippen LogP contribution in [0.25, 0.3) is 0 Å². The summed E-state index contributed by atoms with van der Waals surface area (Å²) in [4.78, 5) is 11.9. The van der Waals surface area contributed by atoms with E-state index >= 15 is 0 Å². The van der Waals surface area contributed by atoms with E-state index < -0.39 is 0 Å². The molecule has 2 aliphatic rings. The Morgan fingerprint density at radius 3 is 2.67 bits per heavy atom. The van der Waals surface area contributed by atoms with Crippen LogP contribution in [0.4, 0.5) is 0 Å². The third kappa shape index (κ3) is 3.45. The lowest BCUT2D eigenvalue weighted by Gasteiger charge is -2.39. The van der Waals surface area contributed by atoms with Gasteiger partial charge in [-0.1, -0.05) is 13.8 Å². The highest BCUT2D eigenvalue weighted by molar-refractivity contribution is 5.77. The highest BCUT2D eigenvalue weighted by atomic mass is 16.5. The van der Waals surface area contributed by atoms with E-state index in [0.29, 0.717) is 12.0 Å². The van der Waals surface area contributed by atoms with E-state index in [2.05, 4.69) is 24.5 Å². The number of carbonyl (C=O) groups excluding carboxylic acids is 1. The van der Waals surface area contributed by atoms with Crippen molar-refractivity contribution in [1.29, 1.82) is 0 Å². The molecule has 1 saturated heterocycles. The van der Waals surface area contributed by atoms with Gasteiger partial charge >= 0.3 is 0 Å². The molecule has 3 unspecified atom stereocenters. The van der Waals surface area contributed by atoms with Gasteiger partial charge in [-0.05, 0) is 38.0 Å². The largest absolute Gasteiger partial charge is 0.363 e. The smallest absolute Gasteiger partial charge is 0.246 e. The number of hydrogen-bond acceptors (Lipinski definition) is 3. The molecule has 0 aromatic carbocycles. The Labute approximate surface area is 110 Å². The maximum atomic E-state index is 11.9. The summed E-state index contributed by atoms with van der Waals surface area (Å²) in [5.74, 6) is 1.41. The molecule has 2 rings (SSSR count). The molecule has 0 spiro atoms. The lowest BCUT2D eigenvalue weighted by Crippen LogP contribution is -2.60. The maximum absolute atomic E-state index is 11.9. The first-order valence-corrected chi connectivity index (χ1v) is 7.12. The van der Waals surface area contributed by atoms with Gasteiger partial charge in [-0.3, -0.25) is 4.79 Å². The van der Waals surface area contributed by atoms with Crippen molar-refractivity contribution < 1.29 is 9.53 Å². The van der Waals surface area contributed by atoms with Crippen LogP contribution >= 0.6 is 0 Å². The third-order valence-corrected chi connectivity index (χ3v) is 4.33. The van der Waals surface area contributed by atoms with Crippen molar-refractivity contribution in [2.75, 3.05) is 19.7 Å². The fourth-order valence-corrected chi connectivity index (χ4v) is 2.95.